The number of nitrogens with zero attached hydrogens (tertiary/aromatic N) is 6. The Morgan fingerprint density at radius 1 is 1.15 bits per heavy atom. The zero-order valence-electron chi connectivity index (χ0n) is 26.2. The van der Waals surface area contributed by atoms with Crippen molar-refractivity contribution in [3.8, 4) is 23.2 Å². The normalized spacial score (nSPS) is 28.0. The third-order valence-electron chi connectivity index (χ3n) is 11.3. The predicted molar refractivity (Wildman–Crippen MR) is 171 cm³/mol. The molecular formula is C36H37F3N6O2. The minimum Gasteiger partial charge on any atom is -0.461 e. The highest BCUT2D eigenvalue weighted by Crippen LogP contribution is 2.54. The molecule has 8 nitrogen and oxygen atoms in total. The van der Waals surface area contributed by atoms with Gasteiger partial charge in [-0.05, 0) is 79.3 Å². The molecule has 8 rings (SSSR count). The molecule has 5 atom stereocenters. The third kappa shape index (κ3) is 5.03. The molecule has 47 heavy (non-hydrogen) atoms. The number of nitriles is 1. The van der Waals surface area contributed by atoms with E-state index in [0.29, 0.717) is 47.1 Å². The Hall–Kier alpha value is -4.17. The molecule has 3 aliphatic heterocycles. The van der Waals surface area contributed by atoms with Crippen LogP contribution in [0, 0.1) is 23.1 Å². The average Bonchev–Trinajstić information content (AvgIpc) is 3.66. The van der Waals surface area contributed by atoms with Crippen LogP contribution in [-0.4, -0.2) is 82.8 Å². The van der Waals surface area contributed by atoms with Gasteiger partial charge in [0.2, 0.25) is 0 Å². The summed E-state index contributed by atoms with van der Waals surface area (Å²) >= 11 is 0. The summed E-state index contributed by atoms with van der Waals surface area (Å²) in [5.74, 6) is -0.820. The maximum absolute atomic E-state index is 16.3. The van der Waals surface area contributed by atoms with E-state index in [2.05, 4.69) is 23.6 Å². The second-order valence-electron chi connectivity index (χ2n) is 13.9. The molecular weight excluding hydrogens is 605 g/mol. The van der Waals surface area contributed by atoms with Gasteiger partial charge in [0.15, 0.2) is 5.83 Å². The number of hydrogen-bond donors (Lipinski definition) is 0. The number of rotatable bonds is 7. The number of anilines is 1. The summed E-state index contributed by atoms with van der Waals surface area (Å²) in [6, 6.07) is 11.0. The lowest BCUT2D eigenvalue weighted by atomic mass is 9.73. The van der Waals surface area contributed by atoms with Gasteiger partial charge in [0.25, 0.3) is 5.91 Å². The first kappa shape index (κ1) is 30.2. The molecule has 0 spiro atoms. The van der Waals surface area contributed by atoms with Crippen molar-refractivity contribution in [2.75, 3.05) is 44.2 Å². The summed E-state index contributed by atoms with van der Waals surface area (Å²) in [6.07, 6.45) is 4.61. The van der Waals surface area contributed by atoms with Crippen molar-refractivity contribution >= 4 is 22.6 Å². The molecule has 1 saturated carbocycles. The van der Waals surface area contributed by atoms with Gasteiger partial charge in [0, 0.05) is 43.5 Å². The van der Waals surface area contributed by atoms with Crippen LogP contribution in [0.15, 0.2) is 42.7 Å². The Bertz CT molecular complexity index is 1830. The molecule has 0 N–H and O–H groups in total. The van der Waals surface area contributed by atoms with E-state index in [9.17, 15) is 18.8 Å². The molecule has 1 aromatic heterocycles. The highest BCUT2D eigenvalue weighted by atomic mass is 19.1. The monoisotopic (exact) mass is 642 g/mol. The first-order chi connectivity index (χ1) is 22.7. The van der Waals surface area contributed by atoms with Crippen LogP contribution < -0.4 is 9.64 Å². The summed E-state index contributed by atoms with van der Waals surface area (Å²) < 4.78 is 51.0. The highest BCUT2D eigenvalue weighted by molar-refractivity contribution is 5.94. The smallest absolute Gasteiger partial charge is 0.319 e. The lowest BCUT2D eigenvalue weighted by molar-refractivity contribution is -0.131. The SMILES string of the molecule is C=C(F)C(=O)N1CCN(c2nc(OC[C@@]34CCCN3C[C@H](F)C4)nc3cc(-c4cccc5c4[C@@H]4CC[C@@H]4C5)c(F)cc23)C[C@@H]1CC#N. The van der Waals surface area contributed by atoms with Gasteiger partial charge < -0.3 is 14.5 Å². The molecule has 244 valence electrons. The summed E-state index contributed by atoms with van der Waals surface area (Å²) in [5, 5.41) is 10.0. The molecule has 4 fully saturated rings. The fraction of sp³-hybridized carbons (Fsp3) is 0.500. The van der Waals surface area contributed by atoms with Crippen LogP contribution in [0.25, 0.3) is 22.0 Å². The fourth-order valence-corrected chi connectivity index (χ4v) is 8.96. The van der Waals surface area contributed by atoms with E-state index < -0.39 is 29.5 Å². The largest absolute Gasteiger partial charge is 0.461 e. The number of hydrogen-bond acceptors (Lipinski definition) is 7. The summed E-state index contributed by atoms with van der Waals surface area (Å²) in [4.78, 5) is 27.5. The number of piperazine rings is 1. The molecule has 5 aliphatic rings. The van der Waals surface area contributed by atoms with Gasteiger partial charge in [-0.3, -0.25) is 9.69 Å². The number of aromatic nitrogens is 2. The van der Waals surface area contributed by atoms with Gasteiger partial charge in [0.05, 0.1) is 29.6 Å². The molecule has 3 aromatic rings. The molecule has 2 aromatic carbocycles. The van der Waals surface area contributed by atoms with E-state index in [0.717, 1.165) is 37.8 Å². The van der Waals surface area contributed by atoms with E-state index >= 15 is 4.39 Å². The van der Waals surface area contributed by atoms with Crippen molar-refractivity contribution < 1.29 is 22.7 Å². The van der Waals surface area contributed by atoms with E-state index in [1.54, 1.807) is 6.07 Å². The molecule has 4 heterocycles. The maximum atomic E-state index is 16.3. The van der Waals surface area contributed by atoms with Gasteiger partial charge in [-0.25, -0.2) is 13.2 Å². The molecule has 11 heteroatoms. The summed E-state index contributed by atoms with van der Waals surface area (Å²) in [6.45, 7) is 5.19. The predicted octanol–water partition coefficient (Wildman–Crippen LogP) is 5.85. The van der Waals surface area contributed by atoms with Crippen LogP contribution in [-0.2, 0) is 11.2 Å². The molecule has 1 amide bonds. The lowest BCUT2D eigenvalue weighted by Gasteiger charge is -2.41. The van der Waals surface area contributed by atoms with Gasteiger partial charge >= 0.3 is 6.01 Å². The zero-order valence-corrected chi connectivity index (χ0v) is 26.2. The Morgan fingerprint density at radius 3 is 2.81 bits per heavy atom. The van der Waals surface area contributed by atoms with Crippen molar-refractivity contribution in [3.05, 3.63) is 59.7 Å². The van der Waals surface area contributed by atoms with Crippen LogP contribution in [0.5, 0.6) is 6.01 Å². The Kier molecular flexibility index (Phi) is 7.39. The highest BCUT2D eigenvalue weighted by Gasteiger charge is 2.49. The van der Waals surface area contributed by atoms with Gasteiger partial charge in [-0.1, -0.05) is 24.8 Å². The van der Waals surface area contributed by atoms with Crippen LogP contribution >= 0.6 is 0 Å². The van der Waals surface area contributed by atoms with Crippen LogP contribution in [0.4, 0.5) is 19.0 Å². The number of alkyl halides is 1. The molecule has 3 saturated heterocycles. The second kappa shape index (κ2) is 11.5. The van der Waals surface area contributed by atoms with Crippen molar-refractivity contribution in [1.29, 1.82) is 5.26 Å². The van der Waals surface area contributed by atoms with E-state index in [1.165, 1.54) is 28.5 Å². The summed E-state index contributed by atoms with van der Waals surface area (Å²) in [5.41, 5.74) is 4.00. The second-order valence-corrected chi connectivity index (χ2v) is 13.9. The molecule has 0 bridgehead atoms. The first-order valence-corrected chi connectivity index (χ1v) is 16.7. The average molecular weight is 643 g/mol. The minimum absolute atomic E-state index is 0.0234. The Labute approximate surface area is 271 Å². The molecule has 2 aliphatic carbocycles. The van der Waals surface area contributed by atoms with Crippen molar-refractivity contribution in [3.63, 3.8) is 0 Å². The number of ether oxygens (including phenoxy) is 1. The third-order valence-corrected chi connectivity index (χ3v) is 11.3. The first-order valence-electron chi connectivity index (χ1n) is 16.7. The van der Waals surface area contributed by atoms with E-state index in [-0.39, 0.29) is 44.5 Å². The van der Waals surface area contributed by atoms with Crippen LogP contribution in [0.1, 0.15) is 55.6 Å². The van der Waals surface area contributed by atoms with Gasteiger partial charge in [0.1, 0.15) is 24.4 Å². The number of halogens is 3. The summed E-state index contributed by atoms with van der Waals surface area (Å²) in [7, 11) is 0. The van der Waals surface area contributed by atoms with Gasteiger partial charge in [-0.2, -0.15) is 15.2 Å². The minimum atomic E-state index is -1.08. The topological polar surface area (TPSA) is 85.6 Å². The maximum Gasteiger partial charge on any atom is 0.319 e. The standard InChI is InChI=1S/C36H37F3N6O2/c1-21(37)34(46)45-13-12-43(19-25(45)8-10-40)33-29-15-30(39)28(27-5-2-4-23-14-22-6-7-26(22)32(23)27)16-31(29)41-35(42-33)47-20-36-9-3-11-44(36)18-24(38)17-36/h2,4-5,15-16,22,24-26H,1,3,6-9,11-14,17-20H2/t22-,24-,25+,26-,36+/m1/s1. The number of carbonyl (C=O) groups is 1. The fourth-order valence-electron chi connectivity index (χ4n) is 8.96. The van der Waals surface area contributed by atoms with Gasteiger partial charge in [-0.15, -0.1) is 0 Å². The number of amides is 1. The number of carbonyl (C=O) groups excluding carboxylic acids is 1. The Balaban J connectivity index is 1.20. The van der Waals surface area contributed by atoms with E-state index in [4.69, 9.17) is 14.7 Å². The van der Waals surface area contributed by atoms with Crippen molar-refractivity contribution in [2.24, 2.45) is 5.92 Å². The lowest BCUT2D eigenvalue weighted by Crippen LogP contribution is -2.55. The number of fused-ring (bicyclic) bond motifs is 5. The van der Waals surface area contributed by atoms with Crippen LogP contribution in [0.2, 0.25) is 0 Å². The van der Waals surface area contributed by atoms with Crippen molar-refractivity contribution in [2.45, 2.75) is 68.6 Å². The quantitative estimate of drug-likeness (QED) is 0.299. The molecule has 0 unspecified atom stereocenters. The van der Waals surface area contributed by atoms with E-state index in [1.807, 2.05) is 17.0 Å². The Morgan fingerprint density at radius 2 is 2.02 bits per heavy atom. The number of benzene rings is 2. The molecule has 0 radical (unpaired) electrons. The van der Waals surface area contributed by atoms with Crippen molar-refractivity contribution in [1.82, 2.24) is 19.8 Å². The zero-order chi connectivity index (χ0) is 32.4. The van der Waals surface area contributed by atoms with Crippen LogP contribution in [0.3, 0.4) is 0 Å².